The SMILES string of the molecule is [B]CCCCCNC(=O)CCN. The molecule has 3 nitrogen and oxygen atoms in total. The van der Waals surface area contributed by atoms with Crippen LogP contribution in [0.25, 0.3) is 0 Å². The van der Waals surface area contributed by atoms with Crippen molar-refractivity contribution >= 4 is 13.8 Å². The lowest BCUT2D eigenvalue weighted by Gasteiger charge is -2.02. The third kappa shape index (κ3) is 7.60. The van der Waals surface area contributed by atoms with Crippen molar-refractivity contribution in [3.63, 3.8) is 0 Å². The van der Waals surface area contributed by atoms with E-state index in [0.29, 0.717) is 13.0 Å². The Morgan fingerprint density at radius 2 is 2.08 bits per heavy atom. The molecule has 0 saturated carbocycles. The first-order valence-electron chi connectivity index (χ1n) is 4.48. The van der Waals surface area contributed by atoms with Crippen LogP contribution < -0.4 is 11.1 Å². The Balaban J connectivity index is 3.03. The van der Waals surface area contributed by atoms with E-state index in [2.05, 4.69) is 5.32 Å². The van der Waals surface area contributed by atoms with E-state index in [-0.39, 0.29) is 5.91 Å². The van der Waals surface area contributed by atoms with E-state index in [1.807, 2.05) is 0 Å². The number of carbonyl (C=O) groups excluding carboxylic acids is 1. The highest BCUT2D eigenvalue weighted by atomic mass is 16.1. The fourth-order valence-corrected chi connectivity index (χ4v) is 0.893. The second-order valence-electron chi connectivity index (χ2n) is 2.74. The lowest BCUT2D eigenvalue weighted by molar-refractivity contribution is -0.120. The Kier molecular flexibility index (Phi) is 8.23. The lowest BCUT2D eigenvalue weighted by Crippen LogP contribution is -2.26. The molecule has 12 heavy (non-hydrogen) atoms. The van der Waals surface area contributed by atoms with Crippen LogP contribution in [0.3, 0.4) is 0 Å². The summed E-state index contributed by atoms with van der Waals surface area (Å²) in [5, 5.41) is 2.78. The maximum absolute atomic E-state index is 10.9. The van der Waals surface area contributed by atoms with E-state index in [1.165, 1.54) is 0 Å². The summed E-state index contributed by atoms with van der Waals surface area (Å²) in [6.07, 6.45) is 4.29. The zero-order chi connectivity index (χ0) is 9.23. The van der Waals surface area contributed by atoms with Gasteiger partial charge in [0.05, 0.1) is 7.85 Å². The van der Waals surface area contributed by atoms with Crippen LogP contribution in [0.4, 0.5) is 0 Å². The minimum Gasteiger partial charge on any atom is -0.356 e. The Bertz CT molecular complexity index is 120. The van der Waals surface area contributed by atoms with Gasteiger partial charge >= 0.3 is 0 Å². The predicted octanol–water partition coefficient (Wildman–Crippen LogP) is 0.208. The molecule has 3 N–H and O–H groups in total. The summed E-state index contributed by atoms with van der Waals surface area (Å²) in [6, 6.07) is 0. The van der Waals surface area contributed by atoms with Crippen molar-refractivity contribution in [3.05, 3.63) is 0 Å². The van der Waals surface area contributed by atoms with E-state index in [1.54, 1.807) is 0 Å². The second kappa shape index (κ2) is 8.59. The van der Waals surface area contributed by atoms with Gasteiger partial charge in [0.25, 0.3) is 0 Å². The van der Waals surface area contributed by atoms with Gasteiger partial charge in [0, 0.05) is 19.5 Å². The summed E-state index contributed by atoms with van der Waals surface area (Å²) in [6.45, 7) is 1.17. The topological polar surface area (TPSA) is 55.1 Å². The minimum absolute atomic E-state index is 0.0465. The van der Waals surface area contributed by atoms with Crippen molar-refractivity contribution < 1.29 is 4.79 Å². The molecule has 0 saturated heterocycles. The Morgan fingerprint density at radius 3 is 2.67 bits per heavy atom. The molecular formula is C8H17BN2O. The van der Waals surface area contributed by atoms with Crippen LogP contribution in [0.1, 0.15) is 25.7 Å². The number of carbonyl (C=O) groups is 1. The van der Waals surface area contributed by atoms with Crippen LogP contribution in [0.2, 0.25) is 6.32 Å². The molecule has 0 heterocycles. The van der Waals surface area contributed by atoms with Gasteiger partial charge in [-0.25, -0.2) is 0 Å². The molecule has 0 bridgehead atoms. The molecule has 0 spiro atoms. The molecule has 0 rings (SSSR count). The van der Waals surface area contributed by atoms with Gasteiger partial charge in [-0.2, -0.15) is 0 Å². The summed E-state index contributed by atoms with van der Waals surface area (Å²) in [5.74, 6) is 0.0465. The Hall–Kier alpha value is -0.505. The third-order valence-electron chi connectivity index (χ3n) is 1.57. The van der Waals surface area contributed by atoms with E-state index in [9.17, 15) is 4.79 Å². The normalized spacial score (nSPS) is 9.75. The number of amides is 1. The molecule has 0 aromatic rings. The van der Waals surface area contributed by atoms with Crippen molar-refractivity contribution in [3.8, 4) is 0 Å². The molecule has 0 aromatic heterocycles. The number of nitrogens with two attached hydrogens (primary N) is 1. The van der Waals surface area contributed by atoms with Crippen LogP contribution in [0.15, 0.2) is 0 Å². The molecular weight excluding hydrogens is 151 g/mol. The second-order valence-corrected chi connectivity index (χ2v) is 2.74. The molecule has 0 aliphatic heterocycles. The maximum Gasteiger partial charge on any atom is 0.221 e. The molecule has 0 aliphatic carbocycles. The van der Waals surface area contributed by atoms with E-state index in [0.717, 1.165) is 32.1 Å². The number of hydrogen-bond donors (Lipinski definition) is 2. The van der Waals surface area contributed by atoms with Crippen molar-refractivity contribution in [1.82, 2.24) is 5.32 Å². The Morgan fingerprint density at radius 1 is 1.33 bits per heavy atom. The average molecular weight is 168 g/mol. The third-order valence-corrected chi connectivity index (χ3v) is 1.57. The summed E-state index contributed by atoms with van der Waals surface area (Å²) in [5.41, 5.74) is 5.20. The first kappa shape index (κ1) is 11.5. The first-order valence-corrected chi connectivity index (χ1v) is 4.48. The van der Waals surface area contributed by atoms with Gasteiger partial charge in [-0.1, -0.05) is 19.2 Å². The molecule has 0 atom stereocenters. The monoisotopic (exact) mass is 168 g/mol. The highest BCUT2D eigenvalue weighted by molar-refractivity contribution is 6.08. The van der Waals surface area contributed by atoms with E-state index >= 15 is 0 Å². The van der Waals surface area contributed by atoms with Gasteiger partial charge in [-0.3, -0.25) is 4.79 Å². The molecule has 0 aliphatic rings. The molecule has 0 unspecified atom stereocenters. The lowest BCUT2D eigenvalue weighted by atomic mass is 9.99. The largest absolute Gasteiger partial charge is 0.356 e. The Labute approximate surface area is 75.5 Å². The van der Waals surface area contributed by atoms with Gasteiger partial charge in [0.2, 0.25) is 5.91 Å². The van der Waals surface area contributed by atoms with Gasteiger partial charge in [0.1, 0.15) is 0 Å². The molecule has 68 valence electrons. The van der Waals surface area contributed by atoms with Crippen molar-refractivity contribution in [2.24, 2.45) is 5.73 Å². The molecule has 4 heteroatoms. The molecule has 2 radical (unpaired) electrons. The van der Waals surface area contributed by atoms with E-state index in [4.69, 9.17) is 13.6 Å². The van der Waals surface area contributed by atoms with Crippen LogP contribution in [-0.4, -0.2) is 26.8 Å². The van der Waals surface area contributed by atoms with Gasteiger partial charge in [-0.05, 0) is 6.42 Å². The van der Waals surface area contributed by atoms with Gasteiger partial charge < -0.3 is 11.1 Å². The zero-order valence-electron chi connectivity index (χ0n) is 7.51. The van der Waals surface area contributed by atoms with Crippen LogP contribution >= 0.6 is 0 Å². The van der Waals surface area contributed by atoms with Crippen molar-refractivity contribution in [2.75, 3.05) is 13.1 Å². The molecule has 0 fully saturated rings. The summed E-state index contributed by atoms with van der Waals surface area (Å²) < 4.78 is 0. The standard InChI is InChI=1S/C8H17BN2O/c9-5-2-1-3-7-11-8(12)4-6-10/h1-7,10H2,(H,11,12). The summed E-state index contributed by atoms with van der Waals surface area (Å²) in [7, 11) is 5.31. The predicted molar refractivity (Wildman–Crippen MR) is 51.1 cm³/mol. The number of hydrogen-bond acceptors (Lipinski definition) is 2. The van der Waals surface area contributed by atoms with Gasteiger partial charge in [-0.15, -0.1) is 0 Å². The summed E-state index contributed by atoms with van der Waals surface area (Å²) in [4.78, 5) is 10.9. The number of rotatable bonds is 7. The van der Waals surface area contributed by atoms with Crippen LogP contribution in [0, 0.1) is 0 Å². The van der Waals surface area contributed by atoms with Crippen LogP contribution in [-0.2, 0) is 4.79 Å². The highest BCUT2D eigenvalue weighted by Crippen LogP contribution is 1.96. The molecule has 1 amide bonds. The number of nitrogens with one attached hydrogen (secondary N) is 1. The summed E-state index contributed by atoms with van der Waals surface area (Å²) >= 11 is 0. The smallest absolute Gasteiger partial charge is 0.221 e. The first-order chi connectivity index (χ1) is 5.81. The van der Waals surface area contributed by atoms with Crippen LogP contribution in [0.5, 0.6) is 0 Å². The van der Waals surface area contributed by atoms with Gasteiger partial charge in [0.15, 0.2) is 0 Å². The van der Waals surface area contributed by atoms with Crippen molar-refractivity contribution in [1.29, 1.82) is 0 Å². The zero-order valence-corrected chi connectivity index (χ0v) is 7.51. The average Bonchev–Trinajstić information content (AvgIpc) is 2.05. The van der Waals surface area contributed by atoms with Crippen molar-refractivity contribution in [2.45, 2.75) is 32.0 Å². The maximum atomic E-state index is 10.9. The minimum atomic E-state index is 0.0465. The number of unbranched alkanes of at least 4 members (excludes halogenated alkanes) is 2. The quantitative estimate of drug-likeness (QED) is 0.421. The molecule has 0 aromatic carbocycles. The fourth-order valence-electron chi connectivity index (χ4n) is 0.893. The fraction of sp³-hybridized carbons (Fsp3) is 0.875. The van der Waals surface area contributed by atoms with E-state index < -0.39 is 0 Å². The highest BCUT2D eigenvalue weighted by Gasteiger charge is 1.96.